The summed E-state index contributed by atoms with van der Waals surface area (Å²) in [5.74, 6) is 0.157. The molecule has 1 spiro atoms. The maximum atomic E-state index is 13.7. The molecule has 0 saturated carbocycles. The molecular formula is C27H25ClN2O2. The highest BCUT2D eigenvalue weighted by Crippen LogP contribution is 2.47. The summed E-state index contributed by atoms with van der Waals surface area (Å²) in [6.45, 7) is 1.66. The second-order valence-corrected chi connectivity index (χ2v) is 9.10. The van der Waals surface area contributed by atoms with Gasteiger partial charge in [-0.05, 0) is 47.7 Å². The Balaban J connectivity index is 1.36. The van der Waals surface area contributed by atoms with Gasteiger partial charge in [0, 0.05) is 30.3 Å². The predicted molar refractivity (Wildman–Crippen MR) is 127 cm³/mol. The van der Waals surface area contributed by atoms with Crippen LogP contribution in [0.2, 0.25) is 5.02 Å². The van der Waals surface area contributed by atoms with E-state index >= 15 is 0 Å². The summed E-state index contributed by atoms with van der Waals surface area (Å²) in [4.78, 5) is 30.6. The summed E-state index contributed by atoms with van der Waals surface area (Å²) in [7, 11) is 0. The lowest BCUT2D eigenvalue weighted by atomic mass is 9.81. The van der Waals surface area contributed by atoms with Crippen LogP contribution in [0.25, 0.3) is 0 Å². The van der Waals surface area contributed by atoms with Crippen LogP contribution < -0.4 is 4.90 Å². The molecule has 4 nitrogen and oxygen atoms in total. The largest absolute Gasteiger partial charge is 0.341 e. The summed E-state index contributed by atoms with van der Waals surface area (Å²) in [5, 5.41) is 0.627. The second-order valence-electron chi connectivity index (χ2n) is 8.66. The van der Waals surface area contributed by atoms with E-state index in [4.69, 9.17) is 11.6 Å². The van der Waals surface area contributed by atoms with Crippen molar-refractivity contribution in [3.63, 3.8) is 0 Å². The number of para-hydroxylation sites is 1. The van der Waals surface area contributed by atoms with Crippen LogP contribution >= 0.6 is 11.6 Å². The van der Waals surface area contributed by atoms with Crippen molar-refractivity contribution in [2.75, 3.05) is 24.5 Å². The van der Waals surface area contributed by atoms with Crippen LogP contribution in [0.1, 0.15) is 23.1 Å². The minimum Gasteiger partial charge on any atom is -0.341 e. The van der Waals surface area contributed by atoms with Crippen LogP contribution in [0.3, 0.4) is 0 Å². The molecule has 0 bridgehead atoms. The molecule has 162 valence electrons. The SMILES string of the molecule is O=C(Cc1cccc(Cl)c1)N1CCC2(C1)C(=O)N(CCc1ccccc1)c1ccccc12. The Morgan fingerprint density at radius 1 is 0.938 bits per heavy atom. The molecule has 3 aromatic carbocycles. The molecule has 0 radical (unpaired) electrons. The third-order valence-electron chi connectivity index (χ3n) is 6.70. The van der Waals surface area contributed by atoms with E-state index < -0.39 is 5.41 Å². The van der Waals surface area contributed by atoms with Crippen molar-refractivity contribution < 1.29 is 9.59 Å². The summed E-state index contributed by atoms with van der Waals surface area (Å²) in [6, 6.07) is 25.7. The molecular weight excluding hydrogens is 420 g/mol. The van der Waals surface area contributed by atoms with Crippen molar-refractivity contribution in [2.45, 2.75) is 24.7 Å². The van der Waals surface area contributed by atoms with Gasteiger partial charge < -0.3 is 9.80 Å². The van der Waals surface area contributed by atoms with Crippen molar-refractivity contribution in [3.8, 4) is 0 Å². The maximum absolute atomic E-state index is 13.7. The van der Waals surface area contributed by atoms with Gasteiger partial charge in [0.15, 0.2) is 0 Å². The number of hydrogen-bond donors (Lipinski definition) is 0. The molecule has 2 aliphatic rings. The van der Waals surface area contributed by atoms with Crippen LogP contribution in [-0.4, -0.2) is 36.3 Å². The number of nitrogens with zero attached hydrogens (tertiary/aromatic N) is 2. The number of carbonyl (C=O) groups is 2. The topological polar surface area (TPSA) is 40.6 Å². The first-order valence-electron chi connectivity index (χ1n) is 11.0. The van der Waals surface area contributed by atoms with E-state index in [1.54, 1.807) is 6.07 Å². The fourth-order valence-corrected chi connectivity index (χ4v) is 5.27. The van der Waals surface area contributed by atoms with Gasteiger partial charge in [0.05, 0.1) is 11.8 Å². The van der Waals surface area contributed by atoms with Crippen LogP contribution in [0.4, 0.5) is 5.69 Å². The maximum Gasteiger partial charge on any atom is 0.239 e. The Bertz CT molecular complexity index is 1160. The minimum atomic E-state index is -0.642. The number of hydrogen-bond acceptors (Lipinski definition) is 2. The number of likely N-dealkylation sites (tertiary alicyclic amines) is 1. The molecule has 2 heterocycles. The molecule has 1 unspecified atom stereocenters. The van der Waals surface area contributed by atoms with E-state index in [0.29, 0.717) is 37.5 Å². The van der Waals surface area contributed by atoms with Crippen molar-refractivity contribution in [3.05, 3.63) is 101 Å². The molecule has 1 saturated heterocycles. The Hall–Kier alpha value is -3.11. The summed E-state index contributed by atoms with van der Waals surface area (Å²) < 4.78 is 0. The molecule has 0 N–H and O–H groups in total. The second kappa shape index (κ2) is 8.44. The molecule has 0 aromatic heterocycles. The first-order valence-corrected chi connectivity index (χ1v) is 11.4. The monoisotopic (exact) mass is 444 g/mol. The van der Waals surface area contributed by atoms with Crippen molar-refractivity contribution in [1.82, 2.24) is 4.90 Å². The van der Waals surface area contributed by atoms with Crippen molar-refractivity contribution in [1.29, 1.82) is 0 Å². The fourth-order valence-electron chi connectivity index (χ4n) is 5.05. The molecule has 3 aromatic rings. The average Bonchev–Trinajstić information content (AvgIpc) is 3.35. The number of carbonyl (C=O) groups excluding carboxylic acids is 2. The van der Waals surface area contributed by atoms with Gasteiger partial charge in [0.2, 0.25) is 11.8 Å². The van der Waals surface area contributed by atoms with Crippen molar-refractivity contribution in [2.24, 2.45) is 0 Å². The van der Waals surface area contributed by atoms with Gasteiger partial charge in [-0.3, -0.25) is 9.59 Å². The van der Waals surface area contributed by atoms with E-state index in [2.05, 4.69) is 18.2 Å². The first kappa shape index (κ1) is 20.8. The smallest absolute Gasteiger partial charge is 0.239 e. The van der Waals surface area contributed by atoms with E-state index in [-0.39, 0.29) is 11.8 Å². The highest BCUT2D eigenvalue weighted by molar-refractivity contribution is 6.30. The standard InChI is InChI=1S/C27H25ClN2O2/c28-22-10-6-9-21(17-22)18-25(31)29-16-14-27(19-29)23-11-4-5-12-24(23)30(26(27)32)15-13-20-7-2-1-3-8-20/h1-12,17H,13-16,18-19H2. The molecule has 1 atom stereocenters. The number of fused-ring (bicyclic) bond motifs is 2. The summed E-state index contributed by atoms with van der Waals surface area (Å²) >= 11 is 6.08. The van der Waals surface area contributed by atoms with Gasteiger partial charge in [-0.25, -0.2) is 0 Å². The van der Waals surface area contributed by atoms with Gasteiger partial charge in [-0.2, -0.15) is 0 Å². The molecule has 0 aliphatic carbocycles. The number of halogens is 1. The number of anilines is 1. The van der Waals surface area contributed by atoms with E-state index in [1.165, 1.54) is 5.56 Å². The third kappa shape index (κ3) is 3.69. The van der Waals surface area contributed by atoms with Gasteiger partial charge >= 0.3 is 0 Å². The highest BCUT2D eigenvalue weighted by atomic mass is 35.5. The lowest BCUT2D eigenvalue weighted by molar-refractivity contribution is -0.130. The van der Waals surface area contributed by atoms with Gasteiger partial charge in [-0.15, -0.1) is 0 Å². The zero-order chi connectivity index (χ0) is 22.1. The zero-order valence-corrected chi connectivity index (χ0v) is 18.6. The summed E-state index contributed by atoms with van der Waals surface area (Å²) in [6.07, 6.45) is 1.75. The van der Waals surface area contributed by atoms with E-state index in [1.807, 2.05) is 64.4 Å². The Morgan fingerprint density at radius 2 is 1.69 bits per heavy atom. The van der Waals surface area contributed by atoms with Crippen molar-refractivity contribution >= 4 is 29.1 Å². The van der Waals surface area contributed by atoms with Gasteiger partial charge in [-0.1, -0.05) is 72.3 Å². The number of rotatable bonds is 5. The predicted octanol–water partition coefficient (Wildman–Crippen LogP) is 4.64. The Kier molecular flexibility index (Phi) is 5.48. The van der Waals surface area contributed by atoms with Gasteiger partial charge in [0.1, 0.15) is 0 Å². The van der Waals surface area contributed by atoms with Crippen LogP contribution in [0.15, 0.2) is 78.9 Å². The van der Waals surface area contributed by atoms with Crippen LogP contribution in [0, 0.1) is 0 Å². The van der Waals surface area contributed by atoms with Crippen LogP contribution in [0.5, 0.6) is 0 Å². The fraction of sp³-hybridized carbons (Fsp3) is 0.259. The lowest BCUT2D eigenvalue weighted by Crippen LogP contribution is -2.44. The highest BCUT2D eigenvalue weighted by Gasteiger charge is 2.54. The number of amides is 2. The zero-order valence-electron chi connectivity index (χ0n) is 17.8. The van der Waals surface area contributed by atoms with Gasteiger partial charge in [0.25, 0.3) is 0 Å². The molecule has 2 aliphatic heterocycles. The van der Waals surface area contributed by atoms with E-state index in [0.717, 1.165) is 23.2 Å². The van der Waals surface area contributed by atoms with E-state index in [9.17, 15) is 9.59 Å². The quantitative estimate of drug-likeness (QED) is 0.575. The number of benzene rings is 3. The molecule has 5 rings (SSSR count). The minimum absolute atomic E-state index is 0.0390. The molecule has 2 amide bonds. The normalized spacial score (nSPS) is 19.6. The lowest BCUT2D eigenvalue weighted by Gasteiger charge is -2.25. The van der Waals surface area contributed by atoms with Crippen LogP contribution in [-0.2, 0) is 27.8 Å². The molecule has 5 heteroatoms. The molecule has 1 fully saturated rings. The first-order chi connectivity index (χ1) is 15.6. The summed E-state index contributed by atoms with van der Waals surface area (Å²) in [5.41, 5.74) is 3.50. The Morgan fingerprint density at radius 3 is 2.50 bits per heavy atom. The molecule has 32 heavy (non-hydrogen) atoms. The third-order valence-corrected chi connectivity index (χ3v) is 6.93. The average molecular weight is 445 g/mol. The Labute approximate surface area is 193 Å².